The van der Waals surface area contributed by atoms with Crippen LogP contribution in [-0.2, 0) is 4.79 Å². The van der Waals surface area contributed by atoms with Crippen LogP contribution < -0.4 is 5.73 Å². The van der Waals surface area contributed by atoms with Gasteiger partial charge < -0.3 is 5.73 Å². The Kier molecular flexibility index (Phi) is 3.59. The maximum Gasteiger partial charge on any atom is 0.229 e. The Morgan fingerprint density at radius 1 is 0.941 bits per heavy atom. The molecule has 86 valence electrons. The fourth-order valence-electron chi connectivity index (χ4n) is 1.82. The first-order chi connectivity index (χ1) is 8.18. The fraction of sp³-hybridized carbons (Fsp3) is 0.0714. The van der Waals surface area contributed by atoms with Gasteiger partial charge in [-0.2, -0.15) is 0 Å². The molecule has 2 N–H and O–H groups in total. The highest BCUT2D eigenvalue weighted by molar-refractivity contribution is 9.10. The molecular formula is C14H12BrNO. The first-order valence-electron chi connectivity index (χ1n) is 5.28. The van der Waals surface area contributed by atoms with Crippen LogP contribution in [0.3, 0.4) is 0 Å². The molecule has 2 rings (SSSR count). The number of carbonyl (C=O) groups excluding carboxylic acids is 1. The van der Waals surface area contributed by atoms with Crippen LogP contribution in [0, 0.1) is 0 Å². The number of benzene rings is 2. The van der Waals surface area contributed by atoms with Crippen molar-refractivity contribution in [3.05, 3.63) is 70.2 Å². The molecule has 3 heteroatoms. The molecule has 0 spiro atoms. The third-order valence-corrected chi connectivity index (χ3v) is 3.15. The Hall–Kier alpha value is -1.61. The number of amides is 1. The molecule has 2 nitrogen and oxygen atoms in total. The zero-order valence-corrected chi connectivity index (χ0v) is 10.7. The minimum atomic E-state index is -0.385. The van der Waals surface area contributed by atoms with Crippen LogP contribution in [0.4, 0.5) is 0 Å². The van der Waals surface area contributed by atoms with Gasteiger partial charge in [0.25, 0.3) is 0 Å². The number of hydrogen-bond donors (Lipinski definition) is 1. The fourth-order valence-corrected chi connectivity index (χ4v) is 2.09. The summed E-state index contributed by atoms with van der Waals surface area (Å²) >= 11 is 3.37. The smallest absolute Gasteiger partial charge is 0.229 e. The molecule has 2 aromatic rings. The molecular weight excluding hydrogens is 278 g/mol. The van der Waals surface area contributed by atoms with Gasteiger partial charge in [-0.3, -0.25) is 4.79 Å². The Bertz CT molecular complexity index is 508. The van der Waals surface area contributed by atoms with Gasteiger partial charge in [-0.05, 0) is 23.3 Å². The summed E-state index contributed by atoms with van der Waals surface area (Å²) in [5.41, 5.74) is 7.32. The van der Waals surface area contributed by atoms with Gasteiger partial charge in [-0.15, -0.1) is 0 Å². The van der Waals surface area contributed by atoms with Crippen LogP contribution in [0.25, 0.3) is 0 Å². The maximum atomic E-state index is 11.6. The van der Waals surface area contributed by atoms with Gasteiger partial charge >= 0.3 is 0 Å². The Labute approximate surface area is 109 Å². The second-order valence-corrected chi connectivity index (χ2v) is 4.71. The summed E-state index contributed by atoms with van der Waals surface area (Å²) in [6.45, 7) is 0. The number of rotatable bonds is 3. The lowest BCUT2D eigenvalue weighted by molar-refractivity contribution is -0.118. The van der Waals surface area contributed by atoms with Crippen LogP contribution in [0.5, 0.6) is 0 Å². The lowest BCUT2D eigenvalue weighted by Crippen LogP contribution is -2.22. The standard InChI is InChI=1S/C14H12BrNO/c15-12-8-6-11(7-9-12)13(14(16)17)10-4-2-1-3-5-10/h1-9,13H,(H2,16,17). The van der Waals surface area contributed by atoms with Crippen LogP contribution in [0.1, 0.15) is 17.0 Å². The number of primary amides is 1. The monoisotopic (exact) mass is 289 g/mol. The van der Waals surface area contributed by atoms with Crippen molar-refractivity contribution in [2.75, 3.05) is 0 Å². The van der Waals surface area contributed by atoms with E-state index in [-0.39, 0.29) is 11.8 Å². The second kappa shape index (κ2) is 5.15. The summed E-state index contributed by atoms with van der Waals surface area (Å²) < 4.78 is 0.984. The zero-order chi connectivity index (χ0) is 12.3. The molecule has 0 fully saturated rings. The van der Waals surface area contributed by atoms with Gasteiger partial charge in [0.05, 0.1) is 5.92 Å². The van der Waals surface area contributed by atoms with E-state index in [0.717, 1.165) is 15.6 Å². The molecule has 1 unspecified atom stereocenters. The highest BCUT2D eigenvalue weighted by atomic mass is 79.9. The van der Waals surface area contributed by atoms with Gasteiger partial charge in [-0.1, -0.05) is 58.4 Å². The topological polar surface area (TPSA) is 43.1 Å². The van der Waals surface area contributed by atoms with Gasteiger partial charge in [-0.25, -0.2) is 0 Å². The van der Waals surface area contributed by atoms with Gasteiger partial charge in [0.15, 0.2) is 0 Å². The molecule has 1 atom stereocenters. The van der Waals surface area contributed by atoms with E-state index in [9.17, 15) is 4.79 Å². The number of nitrogens with two attached hydrogens (primary N) is 1. The highest BCUT2D eigenvalue weighted by Crippen LogP contribution is 2.25. The molecule has 0 bridgehead atoms. The molecule has 0 saturated heterocycles. The maximum absolute atomic E-state index is 11.6. The molecule has 0 aliphatic carbocycles. The molecule has 17 heavy (non-hydrogen) atoms. The molecule has 0 radical (unpaired) electrons. The summed E-state index contributed by atoms with van der Waals surface area (Å²) in [7, 11) is 0. The van der Waals surface area contributed by atoms with Gasteiger partial charge in [0.1, 0.15) is 0 Å². The van der Waals surface area contributed by atoms with Crippen molar-refractivity contribution in [3.63, 3.8) is 0 Å². The lowest BCUT2D eigenvalue weighted by Gasteiger charge is -2.14. The molecule has 0 aliphatic heterocycles. The van der Waals surface area contributed by atoms with Crippen molar-refractivity contribution >= 4 is 21.8 Å². The zero-order valence-electron chi connectivity index (χ0n) is 9.14. The normalized spacial score (nSPS) is 12.1. The number of hydrogen-bond acceptors (Lipinski definition) is 1. The predicted octanol–water partition coefficient (Wildman–Crippen LogP) is 3.07. The molecule has 0 heterocycles. The first kappa shape index (κ1) is 11.9. The van der Waals surface area contributed by atoms with E-state index in [2.05, 4.69) is 15.9 Å². The molecule has 2 aromatic carbocycles. The van der Waals surface area contributed by atoms with Crippen LogP contribution in [0.2, 0.25) is 0 Å². The summed E-state index contributed by atoms with van der Waals surface area (Å²) in [4.78, 5) is 11.6. The van der Waals surface area contributed by atoms with Crippen molar-refractivity contribution in [2.45, 2.75) is 5.92 Å². The quantitative estimate of drug-likeness (QED) is 0.927. The third kappa shape index (κ3) is 2.74. The van der Waals surface area contributed by atoms with E-state index in [1.54, 1.807) is 0 Å². The average molecular weight is 290 g/mol. The molecule has 0 aromatic heterocycles. The van der Waals surface area contributed by atoms with Crippen LogP contribution >= 0.6 is 15.9 Å². The van der Waals surface area contributed by atoms with Crippen molar-refractivity contribution < 1.29 is 4.79 Å². The van der Waals surface area contributed by atoms with E-state index in [1.807, 2.05) is 54.6 Å². The van der Waals surface area contributed by atoms with Crippen LogP contribution in [0.15, 0.2) is 59.1 Å². The SMILES string of the molecule is NC(=O)C(c1ccccc1)c1ccc(Br)cc1. The van der Waals surface area contributed by atoms with Gasteiger partial charge in [0.2, 0.25) is 5.91 Å². The predicted molar refractivity (Wildman–Crippen MR) is 71.6 cm³/mol. The first-order valence-corrected chi connectivity index (χ1v) is 6.07. The average Bonchev–Trinajstić information content (AvgIpc) is 2.33. The van der Waals surface area contributed by atoms with Crippen LogP contribution in [-0.4, -0.2) is 5.91 Å². The minimum absolute atomic E-state index is 0.335. The Morgan fingerprint density at radius 2 is 1.47 bits per heavy atom. The second-order valence-electron chi connectivity index (χ2n) is 3.80. The van der Waals surface area contributed by atoms with E-state index >= 15 is 0 Å². The summed E-state index contributed by atoms with van der Waals surface area (Å²) in [5, 5.41) is 0. The summed E-state index contributed by atoms with van der Waals surface area (Å²) in [5.74, 6) is -0.720. The van der Waals surface area contributed by atoms with E-state index < -0.39 is 0 Å². The van der Waals surface area contributed by atoms with E-state index in [4.69, 9.17) is 5.73 Å². The highest BCUT2D eigenvalue weighted by Gasteiger charge is 2.19. The number of carbonyl (C=O) groups is 1. The third-order valence-electron chi connectivity index (χ3n) is 2.62. The molecule has 1 amide bonds. The summed E-state index contributed by atoms with van der Waals surface area (Å²) in [6, 6.07) is 17.2. The largest absolute Gasteiger partial charge is 0.369 e. The van der Waals surface area contributed by atoms with Crippen molar-refractivity contribution in [3.8, 4) is 0 Å². The Balaban J connectivity index is 2.43. The van der Waals surface area contributed by atoms with Gasteiger partial charge in [0, 0.05) is 4.47 Å². The van der Waals surface area contributed by atoms with Crippen molar-refractivity contribution in [1.82, 2.24) is 0 Å². The molecule has 0 saturated carbocycles. The minimum Gasteiger partial charge on any atom is -0.369 e. The van der Waals surface area contributed by atoms with E-state index in [1.165, 1.54) is 0 Å². The molecule has 0 aliphatic rings. The van der Waals surface area contributed by atoms with E-state index in [0.29, 0.717) is 0 Å². The number of halogens is 1. The summed E-state index contributed by atoms with van der Waals surface area (Å²) in [6.07, 6.45) is 0. The Morgan fingerprint density at radius 3 is 2.00 bits per heavy atom. The van der Waals surface area contributed by atoms with Crippen molar-refractivity contribution in [1.29, 1.82) is 0 Å². The van der Waals surface area contributed by atoms with Crippen molar-refractivity contribution in [2.24, 2.45) is 5.73 Å². The lowest BCUT2D eigenvalue weighted by atomic mass is 9.91.